The van der Waals surface area contributed by atoms with Crippen LogP contribution >= 0.6 is 0 Å². The number of hydrogen-bond acceptors (Lipinski definition) is 4. The van der Waals surface area contributed by atoms with E-state index >= 15 is 0 Å². The van der Waals surface area contributed by atoms with Gasteiger partial charge in [-0.15, -0.1) is 0 Å². The van der Waals surface area contributed by atoms with Gasteiger partial charge in [-0.2, -0.15) is 4.31 Å². The largest absolute Gasteiger partial charge is 0.469 e. The van der Waals surface area contributed by atoms with Crippen molar-refractivity contribution in [2.45, 2.75) is 45.6 Å². The fourth-order valence-corrected chi connectivity index (χ4v) is 4.17. The molecule has 1 aliphatic heterocycles. The lowest BCUT2D eigenvalue weighted by Gasteiger charge is -2.36. The minimum Gasteiger partial charge on any atom is -0.469 e. The van der Waals surface area contributed by atoms with Gasteiger partial charge in [0.25, 0.3) is 0 Å². The lowest BCUT2D eigenvalue weighted by Crippen LogP contribution is -2.46. The van der Waals surface area contributed by atoms with Crippen molar-refractivity contribution in [3.63, 3.8) is 0 Å². The van der Waals surface area contributed by atoms with Crippen LogP contribution in [0.3, 0.4) is 0 Å². The van der Waals surface area contributed by atoms with Crippen LogP contribution in [0.5, 0.6) is 0 Å². The Balaban J connectivity index is 2.54. The van der Waals surface area contributed by atoms with Gasteiger partial charge in [-0.25, -0.2) is 8.42 Å². The average Bonchev–Trinajstić information content (AvgIpc) is 2.32. The maximum atomic E-state index is 12.2. The number of ether oxygens (including phenoxy) is 1. The average molecular weight is 277 g/mol. The zero-order valence-electron chi connectivity index (χ0n) is 11.4. The molecule has 0 bridgehead atoms. The van der Waals surface area contributed by atoms with Gasteiger partial charge in [-0.1, -0.05) is 6.92 Å². The zero-order valence-corrected chi connectivity index (χ0v) is 12.2. The number of methoxy groups -OCH3 is 1. The molecule has 0 aromatic rings. The number of carbonyl (C=O) groups is 1. The summed E-state index contributed by atoms with van der Waals surface area (Å²) >= 11 is 0. The van der Waals surface area contributed by atoms with Crippen LogP contribution in [0.25, 0.3) is 0 Å². The topological polar surface area (TPSA) is 63.7 Å². The third kappa shape index (κ3) is 3.95. The van der Waals surface area contributed by atoms with Crippen LogP contribution in [0.4, 0.5) is 0 Å². The van der Waals surface area contributed by atoms with E-state index in [2.05, 4.69) is 11.7 Å². The predicted molar refractivity (Wildman–Crippen MR) is 69.6 cm³/mol. The summed E-state index contributed by atoms with van der Waals surface area (Å²) in [6.45, 7) is 4.65. The normalized spacial score (nSPS) is 25.9. The highest BCUT2D eigenvalue weighted by molar-refractivity contribution is 7.89. The van der Waals surface area contributed by atoms with Gasteiger partial charge >= 0.3 is 5.97 Å². The van der Waals surface area contributed by atoms with Crippen molar-refractivity contribution < 1.29 is 17.9 Å². The molecule has 5 nitrogen and oxygen atoms in total. The number of carbonyl (C=O) groups excluding carboxylic acids is 1. The molecule has 1 heterocycles. The lowest BCUT2D eigenvalue weighted by atomic mass is 9.94. The highest BCUT2D eigenvalue weighted by Gasteiger charge is 2.32. The monoisotopic (exact) mass is 277 g/mol. The number of rotatable bonds is 5. The van der Waals surface area contributed by atoms with Crippen molar-refractivity contribution in [1.82, 2.24) is 4.31 Å². The quantitative estimate of drug-likeness (QED) is 0.712. The van der Waals surface area contributed by atoms with E-state index in [4.69, 9.17) is 0 Å². The van der Waals surface area contributed by atoms with Crippen LogP contribution in [0, 0.1) is 5.92 Å². The van der Waals surface area contributed by atoms with Gasteiger partial charge in [-0.05, 0) is 32.1 Å². The smallest absolute Gasteiger partial charge is 0.305 e. The Morgan fingerprint density at radius 3 is 2.67 bits per heavy atom. The summed E-state index contributed by atoms with van der Waals surface area (Å²) in [6, 6.07) is 0.0573. The van der Waals surface area contributed by atoms with E-state index in [1.54, 1.807) is 4.31 Å². The first-order valence-electron chi connectivity index (χ1n) is 6.45. The van der Waals surface area contributed by atoms with E-state index < -0.39 is 10.0 Å². The van der Waals surface area contributed by atoms with Crippen LogP contribution < -0.4 is 0 Å². The molecule has 1 fully saturated rings. The van der Waals surface area contributed by atoms with E-state index in [0.29, 0.717) is 18.9 Å². The van der Waals surface area contributed by atoms with Crippen LogP contribution in [-0.4, -0.2) is 44.1 Å². The molecule has 0 spiro atoms. The minimum atomic E-state index is -3.24. The van der Waals surface area contributed by atoms with Gasteiger partial charge in [-0.3, -0.25) is 4.79 Å². The molecule has 6 heteroatoms. The van der Waals surface area contributed by atoms with Crippen molar-refractivity contribution >= 4 is 16.0 Å². The molecule has 1 aliphatic rings. The lowest BCUT2D eigenvalue weighted by molar-refractivity contribution is -0.140. The van der Waals surface area contributed by atoms with E-state index in [1.807, 2.05) is 6.92 Å². The van der Waals surface area contributed by atoms with Crippen molar-refractivity contribution in [2.75, 3.05) is 19.4 Å². The van der Waals surface area contributed by atoms with Crippen LogP contribution in [0.2, 0.25) is 0 Å². The van der Waals surface area contributed by atoms with E-state index in [1.165, 1.54) is 7.11 Å². The van der Waals surface area contributed by atoms with Gasteiger partial charge in [0.2, 0.25) is 10.0 Å². The minimum absolute atomic E-state index is 0.0269. The summed E-state index contributed by atoms with van der Waals surface area (Å²) in [6.07, 6.45) is 2.48. The molecule has 18 heavy (non-hydrogen) atoms. The molecule has 1 rings (SSSR count). The summed E-state index contributed by atoms with van der Waals surface area (Å²) in [4.78, 5) is 11.0. The summed E-state index contributed by atoms with van der Waals surface area (Å²) < 4.78 is 30.5. The molecule has 0 radical (unpaired) electrons. The third-order valence-corrected chi connectivity index (χ3v) is 5.72. The zero-order chi connectivity index (χ0) is 13.8. The van der Waals surface area contributed by atoms with Crippen molar-refractivity contribution in [1.29, 1.82) is 0 Å². The molecule has 0 N–H and O–H groups in total. The molecular formula is C12H23NO4S. The van der Waals surface area contributed by atoms with Gasteiger partial charge in [0, 0.05) is 19.0 Å². The van der Waals surface area contributed by atoms with Gasteiger partial charge in [0.1, 0.15) is 0 Å². The number of nitrogens with zero attached hydrogens (tertiary/aromatic N) is 1. The molecule has 0 aromatic carbocycles. The molecule has 0 saturated carbocycles. The fourth-order valence-electron chi connectivity index (χ4n) is 2.31. The highest BCUT2D eigenvalue weighted by Crippen LogP contribution is 2.25. The second-order valence-corrected chi connectivity index (χ2v) is 7.01. The highest BCUT2D eigenvalue weighted by atomic mass is 32.2. The fraction of sp³-hybridized carbons (Fsp3) is 0.917. The molecule has 0 aromatic heterocycles. The Hall–Kier alpha value is -0.620. The molecule has 2 atom stereocenters. The number of hydrogen-bond donors (Lipinski definition) is 0. The second-order valence-electron chi connectivity index (χ2n) is 4.97. The molecule has 106 valence electrons. The van der Waals surface area contributed by atoms with Crippen molar-refractivity contribution in [3.8, 4) is 0 Å². The summed E-state index contributed by atoms with van der Waals surface area (Å²) in [5.41, 5.74) is 0. The molecule has 2 unspecified atom stereocenters. The third-order valence-electron chi connectivity index (χ3n) is 3.68. The Morgan fingerprint density at radius 2 is 2.06 bits per heavy atom. The first-order chi connectivity index (χ1) is 8.38. The van der Waals surface area contributed by atoms with E-state index in [-0.39, 0.29) is 24.2 Å². The molecule has 0 aliphatic carbocycles. The Labute approximate surface area is 110 Å². The predicted octanol–water partition coefficient (Wildman–Crippen LogP) is 1.39. The number of piperidine rings is 1. The Bertz CT molecular complexity index is 380. The summed E-state index contributed by atoms with van der Waals surface area (Å²) in [5.74, 6) is 0.0680. The molecule has 0 amide bonds. The number of sulfonamides is 1. The van der Waals surface area contributed by atoms with Crippen molar-refractivity contribution in [3.05, 3.63) is 0 Å². The van der Waals surface area contributed by atoms with Crippen LogP contribution in [-0.2, 0) is 19.6 Å². The maximum Gasteiger partial charge on any atom is 0.305 e. The molecule has 1 saturated heterocycles. The molecular weight excluding hydrogens is 254 g/mol. The van der Waals surface area contributed by atoms with Crippen LogP contribution in [0.15, 0.2) is 0 Å². The Morgan fingerprint density at radius 1 is 1.39 bits per heavy atom. The SMILES string of the molecule is COC(=O)CCCS(=O)(=O)N1CCCC(C)C1C. The van der Waals surface area contributed by atoms with Gasteiger partial charge < -0.3 is 4.74 Å². The van der Waals surface area contributed by atoms with Gasteiger partial charge in [0.15, 0.2) is 0 Å². The van der Waals surface area contributed by atoms with Crippen LogP contribution in [0.1, 0.15) is 39.5 Å². The first-order valence-corrected chi connectivity index (χ1v) is 8.05. The maximum absolute atomic E-state index is 12.2. The van der Waals surface area contributed by atoms with E-state index in [0.717, 1.165) is 12.8 Å². The van der Waals surface area contributed by atoms with Gasteiger partial charge in [0.05, 0.1) is 12.9 Å². The first kappa shape index (κ1) is 15.4. The standard InChI is InChI=1S/C12H23NO4S/c1-10-6-4-8-13(11(10)2)18(15,16)9-5-7-12(14)17-3/h10-11H,4-9H2,1-3H3. The Kier molecular flexibility index (Phi) is 5.59. The van der Waals surface area contributed by atoms with E-state index in [9.17, 15) is 13.2 Å². The van der Waals surface area contributed by atoms with Crippen molar-refractivity contribution in [2.24, 2.45) is 5.92 Å². The summed E-state index contributed by atoms with van der Waals surface area (Å²) in [7, 11) is -1.93. The number of esters is 1. The summed E-state index contributed by atoms with van der Waals surface area (Å²) in [5, 5.41) is 0. The second kappa shape index (κ2) is 6.52.